The molecule has 6 heteroatoms. The van der Waals surface area contributed by atoms with E-state index in [1.54, 1.807) is 18.2 Å². The topological polar surface area (TPSA) is 65.2 Å². The summed E-state index contributed by atoms with van der Waals surface area (Å²) in [6.45, 7) is 3.52. The standard InChI is InChI=1S/C23H24FN3O2/c1-2-15-7-8-20-17(11-15)23(29)18-13-27(10-9-21(18)26-20)14-22(28)25-12-16-5-3-4-6-19(16)24/h3-8,11H,2,9-10,12-14H2,1H3,(H,25,28)(H,26,29). The average molecular weight is 393 g/mol. The number of carbonyl (C=O) groups is 1. The summed E-state index contributed by atoms with van der Waals surface area (Å²) in [5, 5.41) is 3.47. The lowest BCUT2D eigenvalue weighted by atomic mass is 10.0. The summed E-state index contributed by atoms with van der Waals surface area (Å²) in [7, 11) is 0. The highest BCUT2D eigenvalue weighted by Gasteiger charge is 2.22. The predicted octanol–water partition coefficient (Wildman–Crippen LogP) is 2.90. The van der Waals surface area contributed by atoms with Crippen molar-refractivity contribution >= 4 is 16.8 Å². The van der Waals surface area contributed by atoms with Crippen molar-refractivity contribution in [2.24, 2.45) is 0 Å². The van der Waals surface area contributed by atoms with Crippen LogP contribution >= 0.6 is 0 Å². The molecule has 150 valence electrons. The van der Waals surface area contributed by atoms with E-state index in [1.165, 1.54) is 6.07 Å². The molecule has 1 aliphatic rings. The zero-order chi connectivity index (χ0) is 20.4. The van der Waals surface area contributed by atoms with Gasteiger partial charge in [0.1, 0.15) is 5.82 Å². The summed E-state index contributed by atoms with van der Waals surface area (Å²) in [6, 6.07) is 12.4. The van der Waals surface area contributed by atoms with Gasteiger partial charge in [0.15, 0.2) is 5.43 Å². The van der Waals surface area contributed by atoms with Crippen LogP contribution in [-0.2, 0) is 30.7 Å². The lowest BCUT2D eigenvalue weighted by molar-refractivity contribution is -0.122. The Balaban J connectivity index is 1.46. The summed E-state index contributed by atoms with van der Waals surface area (Å²) < 4.78 is 13.7. The average Bonchev–Trinajstić information content (AvgIpc) is 2.73. The van der Waals surface area contributed by atoms with Crippen LogP contribution < -0.4 is 10.7 Å². The molecular weight excluding hydrogens is 369 g/mol. The van der Waals surface area contributed by atoms with Gasteiger partial charge in [-0.3, -0.25) is 14.5 Å². The number of H-pyrrole nitrogens is 1. The maximum atomic E-state index is 13.7. The minimum Gasteiger partial charge on any atom is -0.358 e. The van der Waals surface area contributed by atoms with Crippen LogP contribution in [-0.4, -0.2) is 28.9 Å². The van der Waals surface area contributed by atoms with Gasteiger partial charge in [0.05, 0.1) is 6.54 Å². The normalized spacial score (nSPS) is 14.0. The minimum absolute atomic E-state index is 0.0421. The first-order valence-corrected chi connectivity index (χ1v) is 9.94. The van der Waals surface area contributed by atoms with Crippen molar-refractivity contribution in [3.63, 3.8) is 0 Å². The number of benzene rings is 2. The van der Waals surface area contributed by atoms with Crippen LogP contribution in [0.2, 0.25) is 0 Å². The van der Waals surface area contributed by atoms with Crippen molar-refractivity contribution in [2.75, 3.05) is 13.1 Å². The van der Waals surface area contributed by atoms with E-state index >= 15 is 0 Å². The number of halogens is 1. The molecule has 29 heavy (non-hydrogen) atoms. The molecule has 0 unspecified atom stereocenters. The molecule has 1 aliphatic heterocycles. The largest absolute Gasteiger partial charge is 0.358 e. The smallest absolute Gasteiger partial charge is 0.234 e. The van der Waals surface area contributed by atoms with Crippen LogP contribution in [0.1, 0.15) is 29.3 Å². The van der Waals surface area contributed by atoms with Crippen molar-refractivity contribution in [1.29, 1.82) is 0 Å². The number of hydrogen-bond acceptors (Lipinski definition) is 3. The van der Waals surface area contributed by atoms with E-state index < -0.39 is 0 Å². The van der Waals surface area contributed by atoms with E-state index in [0.29, 0.717) is 30.5 Å². The van der Waals surface area contributed by atoms with Crippen LogP contribution in [0, 0.1) is 5.82 Å². The van der Waals surface area contributed by atoms with Crippen LogP contribution in [0.4, 0.5) is 4.39 Å². The fourth-order valence-corrected chi connectivity index (χ4v) is 3.83. The van der Waals surface area contributed by atoms with Gasteiger partial charge >= 0.3 is 0 Å². The Labute approximate surface area is 168 Å². The Kier molecular flexibility index (Phi) is 5.45. The summed E-state index contributed by atoms with van der Waals surface area (Å²) in [5.41, 5.74) is 4.18. The maximum absolute atomic E-state index is 13.7. The van der Waals surface area contributed by atoms with E-state index in [0.717, 1.165) is 28.8 Å². The number of nitrogens with one attached hydrogen (secondary N) is 2. The number of aryl methyl sites for hydroxylation is 1. The van der Waals surface area contributed by atoms with Crippen molar-refractivity contribution in [2.45, 2.75) is 32.9 Å². The molecule has 4 rings (SSSR count). The fraction of sp³-hybridized carbons (Fsp3) is 0.304. The number of amides is 1. The molecule has 0 spiro atoms. The van der Waals surface area contributed by atoms with Crippen LogP contribution in [0.25, 0.3) is 10.9 Å². The van der Waals surface area contributed by atoms with Crippen LogP contribution in [0.15, 0.2) is 47.3 Å². The maximum Gasteiger partial charge on any atom is 0.234 e. The van der Waals surface area contributed by atoms with Gasteiger partial charge in [0.25, 0.3) is 0 Å². The van der Waals surface area contributed by atoms with Gasteiger partial charge in [0.2, 0.25) is 5.91 Å². The molecule has 2 heterocycles. The van der Waals surface area contributed by atoms with E-state index in [1.807, 2.05) is 23.1 Å². The first kappa shape index (κ1) is 19.3. The number of nitrogens with zero attached hydrogens (tertiary/aromatic N) is 1. The fourth-order valence-electron chi connectivity index (χ4n) is 3.83. The highest BCUT2D eigenvalue weighted by Crippen LogP contribution is 2.19. The zero-order valence-electron chi connectivity index (χ0n) is 16.4. The molecule has 0 fully saturated rings. The molecule has 0 atom stereocenters. The van der Waals surface area contributed by atoms with Crippen molar-refractivity contribution in [3.8, 4) is 0 Å². The van der Waals surface area contributed by atoms with E-state index in [-0.39, 0.29) is 30.2 Å². The molecule has 0 aliphatic carbocycles. The molecule has 0 bridgehead atoms. The van der Waals surface area contributed by atoms with Crippen molar-refractivity contribution in [1.82, 2.24) is 15.2 Å². The number of carbonyl (C=O) groups excluding carboxylic acids is 1. The first-order chi connectivity index (χ1) is 14.0. The molecular formula is C23H24FN3O2. The third-order valence-electron chi connectivity index (χ3n) is 5.52. The third-order valence-corrected chi connectivity index (χ3v) is 5.52. The second-order valence-corrected chi connectivity index (χ2v) is 7.47. The van der Waals surface area contributed by atoms with Gasteiger partial charge in [-0.15, -0.1) is 0 Å². The van der Waals surface area contributed by atoms with Crippen LogP contribution in [0.5, 0.6) is 0 Å². The molecule has 1 amide bonds. The Morgan fingerprint density at radius 1 is 1.24 bits per heavy atom. The molecule has 2 aromatic carbocycles. The van der Waals surface area contributed by atoms with Gasteiger partial charge in [-0.2, -0.15) is 0 Å². The molecule has 0 saturated carbocycles. The lowest BCUT2D eigenvalue weighted by Gasteiger charge is -2.28. The number of hydrogen-bond donors (Lipinski definition) is 2. The molecule has 1 aromatic heterocycles. The first-order valence-electron chi connectivity index (χ1n) is 9.94. The monoisotopic (exact) mass is 393 g/mol. The number of rotatable bonds is 5. The van der Waals surface area contributed by atoms with Gasteiger partial charge < -0.3 is 10.3 Å². The number of fused-ring (bicyclic) bond motifs is 2. The molecule has 2 N–H and O–H groups in total. The highest BCUT2D eigenvalue weighted by molar-refractivity contribution is 5.80. The van der Waals surface area contributed by atoms with Crippen molar-refractivity contribution < 1.29 is 9.18 Å². The number of pyridine rings is 1. The second kappa shape index (κ2) is 8.17. The SMILES string of the molecule is CCc1ccc2[nH]c3c(c(=O)c2c1)CN(CC(=O)NCc1ccccc1F)CC3. The molecule has 3 aromatic rings. The molecule has 0 radical (unpaired) electrons. The number of aromatic nitrogens is 1. The van der Waals surface area contributed by atoms with Crippen molar-refractivity contribution in [3.05, 3.63) is 80.9 Å². The summed E-state index contributed by atoms with van der Waals surface area (Å²) >= 11 is 0. The highest BCUT2D eigenvalue weighted by atomic mass is 19.1. The third kappa shape index (κ3) is 4.07. The van der Waals surface area contributed by atoms with Gasteiger partial charge in [-0.1, -0.05) is 31.2 Å². The summed E-state index contributed by atoms with van der Waals surface area (Å²) in [4.78, 5) is 30.7. The summed E-state index contributed by atoms with van der Waals surface area (Å²) in [6.07, 6.45) is 1.57. The Morgan fingerprint density at radius 3 is 2.86 bits per heavy atom. The van der Waals surface area contributed by atoms with Gasteiger partial charge in [-0.25, -0.2) is 4.39 Å². The van der Waals surface area contributed by atoms with Gasteiger partial charge in [0, 0.05) is 53.8 Å². The Bertz CT molecular complexity index is 1120. The molecule has 5 nitrogen and oxygen atoms in total. The molecule has 0 saturated heterocycles. The quantitative estimate of drug-likeness (QED) is 0.701. The van der Waals surface area contributed by atoms with Crippen LogP contribution in [0.3, 0.4) is 0 Å². The predicted molar refractivity (Wildman–Crippen MR) is 111 cm³/mol. The lowest BCUT2D eigenvalue weighted by Crippen LogP contribution is -2.41. The van der Waals surface area contributed by atoms with E-state index in [9.17, 15) is 14.0 Å². The second-order valence-electron chi connectivity index (χ2n) is 7.47. The Hall–Kier alpha value is -2.99. The van der Waals surface area contributed by atoms with E-state index in [2.05, 4.69) is 17.2 Å². The Morgan fingerprint density at radius 2 is 2.07 bits per heavy atom. The summed E-state index contributed by atoms with van der Waals surface area (Å²) in [5.74, 6) is -0.508. The minimum atomic E-state index is -0.329. The van der Waals surface area contributed by atoms with E-state index in [4.69, 9.17) is 0 Å². The zero-order valence-corrected chi connectivity index (χ0v) is 16.4. The number of aromatic amines is 1. The van der Waals surface area contributed by atoms with Gasteiger partial charge in [-0.05, 0) is 30.2 Å².